The third-order valence-corrected chi connectivity index (χ3v) is 7.09. The number of aryl methyl sites for hydroxylation is 1. The maximum Gasteiger partial charge on any atom is 0.267 e. The van der Waals surface area contributed by atoms with Gasteiger partial charge in [-0.1, -0.05) is 36.4 Å². The molecule has 8 heteroatoms. The lowest BCUT2D eigenvalue weighted by Gasteiger charge is -2.27. The van der Waals surface area contributed by atoms with E-state index >= 15 is 0 Å². The van der Waals surface area contributed by atoms with E-state index in [0.717, 1.165) is 46.0 Å². The Morgan fingerprint density at radius 3 is 2.87 bits per heavy atom. The molecule has 1 aliphatic carbocycles. The van der Waals surface area contributed by atoms with Gasteiger partial charge in [-0.15, -0.1) is 0 Å². The zero-order valence-electron chi connectivity index (χ0n) is 17.2. The molecule has 3 N–H and O–H groups in total. The number of nitrogens with zero attached hydrogens (tertiary/aromatic N) is 1. The number of carbonyl (C=O) groups excluding carboxylic acids is 1. The summed E-state index contributed by atoms with van der Waals surface area (Å²) in [5, 5.41) is 9.72. The lowest BCUT2D eigenvalue weighted by Crippen LogP contribution is -2.34. The quantitative estimate of drug-likeness (QED) is 0.299. The molecular weight excluding hydrogens is 414 g/mol. The SMILES string of the molecule is CS(=O)(=O)N(CCc1c[nH]c2ccccc12)C1CCc2cc(C=CC(=O)NO)ccc21. The van der Waals surface area contributed by atoms with Crippen LogP contribution in [0.15, 0.2) is 54.7 Å². The fourth-order valence-electron chi connectivity index (χ4n) is 4.35. The highest BCUT2D eigenvalue weighted by Gasteiger charge is 2.33. The molecule has 0 fully saturated rings. The second kappa shape index (κ2) is 8.66. The number of nitrogens with one attached hydrogen (secondary N) is 2. The van der Waals surface area contributed by atoms with Crippen LogP contribution < -0.4 is 5.48 Å². The first-order valence-electron chi connectivity index (χ1n) is 10.1. The molecule has 7 nitrogen and oxygen atoms in total. The predicted octanol–water partition coefficient (Wildman–Crippen LogP) is 3.18. The molecule has 1 heterocycles. The van der Waals surface area contributed by atoms with Crippen molar-refractivity contribution in [3.05, 3.63) is 77.0 Å². The van der Waals surface area contributed by atoms with Crippen LogP contribution in [-0.4, -0.2) is 41.6 Å². The Hall–Kier alpha value is -2.94. The molecule has 2 aromatic carbocycles. The number of sulfonamides is 1. The molecule has 1 aliphatic rings. The number of fused-ring (bicyclic) bond motifs is 2. The van der Waals surface area contributed by atoms with Crippen LogP contribution >= 0.6 is 0 Å². The van der Waals surface area contributed by atoms with Crippen LogP contribution in [0.2, 0.25) is 0 Å². The van der Waals surface area contributed by atoms with Crippen LogP contribution in [0.4, 0.5) is 0 Å². The average molecular weight is 440 g/mol. The van der Waals surface area contributed by atoms with Crippen molar-refractivity contribution in [1.29, 1.82) is 0 Å². The number of H-pyrrole nitrogens is 1. The number of hydrogen-bond acceptors (Lipinski definition) is 4. The molecular formula is C23H25N3O4S. The molecule has 0 bridgehead atoms. The van der Waals surface area contributed by atoms with E-state index in [1.807, 2.05) is 48.7 Å². The minimum Gasteiger partial charge on any atom is -0.361 e. The second-order valence-corrected chi connectivity index (χ2v) is 9.74. The normalized spacial score (nSPS) is 16.3. The van der Waals surface area contributed by atoms with E-state index in [1.54, 1.807) is 15.9 Å². The van der Waals surface area contributed by atoms with Crippen molar-refractivity contribution in [2.24, 2.45) is 0 Å². The van der Waals surface area contributed by atoms with Crippen molar-refractivity contribution in [1.82, 2.24) is 14.8 Å². The Labute approximate surface area is 181 Å². The van der Waals surface area contributed by atoms with Gasteiger partial charge in [0, 0.05) is 29.7 Å². The predicted molar refractivity (Wildman–Crippen MR) is 120 cm³/mol. The van der Waals surface area contributed by atoms with Crippen LogP contribution in [0.3, 0.4) is 0 Å². The molecule has 0 radical (unpaired) electrons. The topological polar surface area (TPSA) is 103 Å². The number of rotatable bonds is 7. The minimum atomic E-state index is -3.40. The van der Waals surface area contributed by atoms with Crippen molar-refractivity contribution in [3.63, 3.8) is 0 Å². The summed E-state index contributed by atoms with van der Waals surface area (Å²) in [7, 11) is -3.40. The van der Waals surface area contributed by atoms with Gasteiger partial charge in [-0.05, 0) is 53.7 Å². The summed E-state index contributed by atoms with van der Waals surface area (Å²) >= 11 is 0. The van der Waals surface area contributed by atoms with Crippen LogP contribution in [0.1, 0.15) is 34.7 Å². The molecule has 0 saturated heterocycles. The average Bonchev–Trinajstić information content (AvgIpc) is 3.35. The maximum absolute atomic E-state index is 12.7. The van der Waals surface area contributed by atoms with Gasteiger partial charge in [0.2, 0.25) is 10.0 Å². The summed E-state index contributed by atoms with van der Waals surface area (Å²) in [4.78, 5) is 14.4. The second-order valence-electron chi connectivity index (χ2n) is 7.81. The van der Waals surface area contributed by atoms with Gasteiger partial charge in [-0.25, -0.2) is 13.9 Å². The summed E-state index contributed by atoms with van der Waals surface area (Å²) in [6, 6.07) is 13.6. The molecule has 3 aromatic rings. The van der Waals surface area contributed by atoms with Crippen molar-refractivity contribution >= 4 is 32.9 Å². The lowest BCUT2D eigenvalue weighted by molar-refractivity contribution is -0.124. The number of hydroxylamine groups is 1. The van der Waals surface area contributed by atoms with Crippen molar-refractivity contribution < 1.29 is 18.4 Å². The van der Waals surface area contributed by atoms with Crippen molar-refractivity contribution in [2.75, 3.05) is 12.8 Å². The maximum atomic E-state index is 12.7. The van der Waals surface area contributed by atoms with Crippen molar-refractivity contribution in [3.8, 4) is 0 Å². The van der Waals surface area contributed by atoms with E-state index in [1.165, 1.54) is 12.3 Å². The largest absolute Gasteiger partial charge is 0.361 e. The lowest BCUT2D eigenvalue weighted by atomic mass is 10.0. The summed E-state index contributed by atoms with van der Waals surface area (Å²) in [5.74, 6) is -0.598. The van der Waals surface area contributed by atoms with E-state index in [2.05, 4.69) is 4.98 Å². The summed E-state index contributed by atoms with van der Waals surface area (Å²) in [5.41, 5.74) is 6.62. The molecule has 31 heavy (non-hydrogen) atoms. The summed E-state index contributed by atoms with van der Waals surface area (Å²) in [6.45, 7) is 0.406. The fraction of sp³-hybridized carbons (Fsp3) is 0.261. The highest BCUT2D eigenvalue weighted by molar-refractivity contribution is 7.88. The first-order valence-corrected chi connectivity index (χ1v) is 12.0. The van der Waals surface area contributed by atoms with Gasteiger partial charge in [0.25, 0.3) is 5.91 Å². The number of aromatic nitrogens is 1. The number of hydrogen-bond donors (Lipinski definition) is 3. The monoisotopic (exact) mass is 439 g/mol. The van der Waals surface area contributed by atoms with Gasteiger partial charge in [-0.2, -0.15) is 4.31 Å². The van der Waals surface area contributed by atoms with Gasteiger partial charge in [0.15, 0.2) is 0 Å². The molecule has 1 aromatic heterocycles. The highest BCUT2D eigenvalue weighted by Crippen LogP contribution is 2.38. The molecule has 4 rings (SSSR count). The van der Waals surface area contributed by atoms with E-state index in [9.17, 15) is 13.2 Å². The standard InChI is InChI=1S/C23H25N3O4S/c1-31(29,30)26(13-12-18-15-24-21-5-3-2-4-19(18)21)22-10-8-17-14-16(6-9-20(17)22)7-11-23(27)25-28/h2-7,9,11,14-15,22,24,28H,8,10,12-13H2,1H3,(H,25,27). The summed E-state index contributed by atoms with van der Waals surface area (Å²) < 4.78 is 26.9. The number of aromatic amines is 1. The Balaban J connectivity index is 1.56. The van der Waals surface area contributed by atoms with Crippen LogP contribution in [0.25, 0.3) is 17.0 Å². The van der Waals surface area contributed by atoms with Gasteiger partial charge >= 0.3 is 0 Å². The smallest absolute Gasteiger partial charge is 0.267 e. The van der Waals surface area contributed by atoms with Gasteiger partial charge in [0.05, 0.1) is 12.3 Å². The highest BCUT2D eigenvalue weighted by atomic mass is 32.2. The Bertz CT molecular complexity index is 1250. The molecule has 0 saturated carbocycles. The van der Waals surface area contributed by atoms with Crippen LogP contribution in [0, 0.1) is 0 Å². The third-order valence-electron chi connectivity index (χ3n) is 5.80. The Morgan fingerprint density at radius 1 is 1.29 bits per heavy atom. The van der Waals surface area contributed by atoms with E-state index in [4.69, 9.17) is 5.21 Å². The van der Waals surface area contributed by atoms with Crippen LogP contribution in [0.5, 0.6) is 0 Å². The fourth-order valence-corrected chi connectivity index (χ4v) is 5.45. The molecule has 0 aliphatic heterocycles. The zero-order chi connectivity index (χ0) is 22.0. The first-order chi connectivity index (χ1) is 14.9. The van der Waals surface area contributed by atoms with Crippen molar-refractivity contribution in [2.45, 2.75) is 25.3 Å². The number of para-hydroxylation sites is 1. The molecule has 1 amide bonds. The Kier molecular flexibility index (Phi) is 5.95. The van der Waals surface area contributed by atoms with Gasteiger partial charge < -0.3 is 4.98 Å². The van der Waals surface area contributed by atoms with Gasteiger partial charge in [-0.3, -0.25) is 10.0 Å². The molecule has 1 atom stereocenters. The van der Waals surface area contributed by atoms with Gasteiger partial charge in [0.1, 0.15) is 0 Å². The first kappa shape index (κ1) is 21.3. The van der Waals surface area contributed by atoms with Crippen LogP contribution in [-0.2, 0) is 27.7 Å². The number of carbonyl (C=O) groups is 1. The third kappa shape index (κ3) is 4.56. The summed E-state index contributed by atoms with van der Waals surface area (Å²) in [6.07, 6.45) is 8.20. The Morgan fingerprint density at radius 2 is 2.10 bits per heavy atom. The number of benzene rings is 2. The van der Waals surface area contributed by atoms with E-state index < -0.39 is 15.9 Å². The van der Waals surface area contributed by atoms with E-state index in [0.29, 0.717) is 13.0 Å². The number of amides is 1. The minimum absolute atomic E-state index is 0.200. The molecule has 0 spiro atoms. The molecule has 162 valence electrons. The zero-order valence-corrected chi connectivity index (χ0v) is 18.0. The molecule has 1 unspecified atom stereocenters. The van der Waals surface area contributed by atoms with E-state index in [-0.39, 0.29) is 6.04 Å².